The fraction of sp³-hybridized carbons (Fsp3) is 0.250. The van der Waals surface area contributed by atoms with E-state index in [1.54, 1.807) is 17.6 Å². The second kappa shape index (κ2) is 12.8. The van der Waals surface area contributed by atoms with Gasteiger partial charge in [-0.2, -0.15) is 0 Å². The van der Waals surface area contributed by atoms with E-state index in [-0.39, 0.29) is 47.0 Å². The monoisotopic (exact) mass is 571 g/mol. The van der Waals surface area contributed by atoms with Crippen LogP contribution in [0.2, 0.25) is 0 Å². The molecule has 35 heavy (non-hydrogen) atoms. The van der Waals surface area contributed by atoms with E-state index < -0.39 is 23.6 Å². The molecule has 0 aliphatic carbocycles. The van der Waals surface area contributed by atoms with Crippen LogP contribution in [-0.4, -0.2) is 28.2 Å². The summed E-state index contributed by atoms with van der Waals surface area (Å²) in [6, 6.07) is 11.5. The van der Waals surface area contributed by atoms with Gasteiger partial charge in [0.2, 0.25) is 5.91 Å². The third-order valence-electron chi connectivity index (χ3n) is 5.26. The van der Waals surface area contributed by atoms with Crippen molar-refractivity contribution in [3.63, 3.8) is 0 Å². The summed E-state index contributed by atoms with van der Waals surface area (Å²) < 4.78 is 34.3. The number of nitrogens with one attached hydrogen (secondary N) is 1. The van der Waals surface area contributed by atoms with Gasteiger partial charge in [-0.1, -0.05) is 24.3 Å². The van der Waals surface area contributed by atoms with Crippen LogP contribution in [-0.2, 0) is 24.5 Å². The van der Waals surface area contributed by atoms with E-state index in [1.165, 1.54) is 6.07 Å². The molecule has 0 spiro atoms. The molecule has 1 atom stereocenters. The minimum Gasteiger partial charge on any atom is -0.487 e. The topological polar surface area (TPSA) is 107 Å². The number of hydrogen-bond acceptors (Lipinski definition) is 5. The summed E-state index contributed by atoms with van der Waals surface area (Å²) in [5.41, 5.74) is 7.45. The van der Waals surface area contributed by atoms with Crippen LogP contribution >= 0.6 is 28.3 Å². The quantitative estimate of drug-likeness (QED) is 0.346. The van der Waals surface area contributed by atoms with Gasteiger partial charge in [-0.25, -0.2) is 8.78 Å². The van der Waals surface area contributed by atoms with E-state index in [0.717, 1.165) is 23.3 Å². The molecule has 0 bridgehead atoms. The van der Waals surface area contributed by atoms with E-state index in [4.69, 9.17) is 15.6 Å². The van der Waals surface area contributed by atoms with Crippen molar-refractivity contribution in [1.82, 2.24) is 9.88 Å². The molecular weight excluding hydrogens is 548 g/mol. The van der Waals surface area contributed by atoms with Crippen molar-refractivity contribution in [2.45, 2.75) is 32.7 Å². The Bertz CT molecular complexity index is 1240. The van der Waals surface area contributed by atoms with E-state index in [1.807, 2.05) is 24.3 Å². The predicted molar refractivity (Wildman–Crippen MR) is 134 cm³/mol. The minimum absolute atomic E-state index is 0. The van der Waals surface area contributed by atoms with Crippen molar-refractivity contribution in [3.05, 3.63) is 97.4 Å². The highest BCUT2D eigenvalue weighted by Gasteiger charge is 2.15. The number of pyridine rings is 1. The predicted octanol–water partition coefficient (Wildman–Crippen LogP) is 3.18. The summed E-state index contributed by atoms with van der Waals surface area (Å²) in [5, 5.41) is 12.0. The smallest absolute Gasteiger partial charge is 0.269 e. The average molecular weight is 573 g/mol. The molecule has 3 aromatic rings. The lowest BCUT2D eigenvalue weighted by atomic mass is 10.1. The molecule has 1 aromatic heterocycles. The molecule has 0 aliphatic heterocycles. The van der Waals surface area contributed by atoms with Crippen LogP contribution in [0.4, 0.5) is 8.78 Å². The van der Waals surface area contributed by atoms with Gasteiger partial charge >= 0.3 is 0 Å². The number of amides is 1. The molecule has 0 saturated heterocycles. The van der Waals surface area contributed by atoms with Crippen molar-refractivity contribution in [1.29, 1.82) is 0 Å². The fourth-order valence-corrected chi connectivity index (χ4v) is 3.70. The van der Waals surface area contributed by atoms with Crippen LogP contribution in [0.25, 0.3) is 0 Å². The summed E-state index contributed by atoms with van der Waals surface area (Å²) in [5.74, 6) is -1.77. The number of aliphatic hydroxyl groups is 1. The minimum atomic E-state index is -0.821. The SMILES string of the molecule is Cc1cc(OCc2ccc(F)cc2F)c(Br)c(=O)n1Cc1ccc(CN[C@H](CO)C(N)=O)cc1.Cl. The molecule has 2 aromatic carbocycles. The van der Waals surface area contributed by atoms with Gasteiger partial charge in [-0.05, 0) is 46.1 Å². The van der Waals surface area contributed by atoms with Crippen LogP contribution in [0.3, 0.4) is 0 Å². The Morgan fingerprint density at radius 2 is 1.83 bits per heavy atom. The number of rotatable bonds is 10. The molecule has 7 nitrogen and oxygen atoms in total. The number of aromatic nitrogens is 1. The Hall–Kier alpha value is -2.79. The number of nitrogens with two attached hydrogens (primary N) is 1. The number of aliphatic hydroxyl groups excluding tert-OH is 1. The van der Waals surface area contributed by atoms with E-state index >= 15 is 0 Å². The first-order valence-corrected chi connectivity index (χ1v) is 11.2. The van der Waals surface area contributed by atoms with Gasteiger partial charge < -0.3 is 20.1 Å². The molecule has 0 aliphatic rings. The fourth-order valence-electron chi connectivity index (χ4n) is 3.25. The van der Waals surface area contributed by atoms with Crippen molar-refractivity contribution < 1.29 is 23.4 Å². The van der Waals surface area contributed by atoms with Gasteiger partial charge in [0, 0.05) is 29.9 Å². The number of benzene rings is 2. The Kier molecular flexibility index (Phi) is 10.4. The van der Waals surface area contributed by atoms with E-state index in [9.17, 15) is 18.4 Å². The summed E-state index contributed by atoms with van der Waals surface area (Å²) in [6.45, 7) is 1.87. The zero-order valence-corrected chi connectivity index (χ0v) is 21.2. The molecule has 11 heteroatoms. The molecule has 0 fully saturated rings. The van der Waals surface area contributed by atoms with E-state index in [0.29, 0.717) is 18.8 Å². The van der Waals surface area contributed by atoms with Crippen molar-refractivity contribution in [2.75, 3.05) is 6.61 Å². The number of carbonyl (C=O) groups excluding carboxylic acids is 1. The molecule has 0 unspecified atom stereocenters. The first kappa shape index (κ1) is 28.4. The van der Waals surface area contributed by atoms with Gasteiger partial charge in [0.15, 0.2) is 0 Å². The lowest BCUT2D eigenvalue weighted by Crippen LogP contribution is -2.43. The first-order valence-electron chi connectivity index (χ1n) is 10.4. The van der Waals surface area contributed by atoms with Gasteiger partial charge in [-0.3, -0.25) is 14.9 Å². The van der Waals surface area contributed by atoms with Gasteiger partial charge in [-0.15, -0.1) is 12.4 Å². The average Bonchev–Trinajstić information content (AvgIpc) is 2.80. The van der Waals surface area contributed by atoms with Crippen LogP contribution < -0.4 is 21.3 Å². The lowest BCUT2D eigenvalue weighted by Gasteiger charge is -2.15. The highest BCUT2D eigenvalue weighted by atomic mass is 79.9. The van der Waals surface area contributed by atoms with Gasteiger partial charge in [0.1, 0.15) is 34.5 Å². The lowest BCUT2D eigenvalue weighted by molar-refractivity contribution is -0.120. The third kappa shape index (κ3) is 7.35. The van der Waals surface area contributed by atoms with Crippen molar-refractivity contribution in [2.24, 2.45) is 5.73 Å². The molecule has 1 heterocycles. The molecule has 1 amide bonds. The molecular formula is C24H25BrClF2N3O4. The zero-order chi connectivity index (χ0) is 24.8. The molecule has 188 valence electrons. The molecule has 0 saturated carbocycles. The number of hydrogen-bond donors (Lipinski definition) is 3. The van der Waals surface area contributed by atoms with Gasteiger partial charge in [0.05, 0.1) is 13.2 Å². The molecule has 3 rings (SSSR count). The third-order valence-corrected chi connectivity index (χ3v) is 5.99. The van der Waals surface area contributed by atoms with Crippen molar-refractivity contribution >= 4 is 34.2 Å². The number of primary amides is 1. The number of nitrogens with zero attached hydrogens (tertiary/aromatic N) is 1. The summed E-state index contributed by atoms with van der Waals surface area (Å²) in [7, 11) is 0. The van der Waals surface area contributed by atoms with Crippen LogP contribution in [0, 0.1) is 18.6 Å². The number of carbonyl (C=O) groups is 1. The Morgan fingerprint density at radius 3 is 2.43 bits per heavy atom. The van der Waals surface area contributed by atoms with Crippen LogP contribution in [0.15, 0.2) is 57.8 Å². The Labute approximate surface area is 215 Å². The summed E-state index contributed by atoms with van der Waals surface area (Å²) in [4.78, 5) is 24.1. The largest absolute Gasteiger partial charge is 0.487 e. The van der Waals surface area contributed by atoms with Crippen LogP contribution in [0.5, 0.6) is 5.75 Å². The Balaban J connectivity index is 0.00000432. The summed E-state index contributed by atoms with van der Waals surface area (Å²) in [6.07, 6.45) is 0. The number of halogens is 4. The maximum atomic E-state index is 13.9. The Morgan fingerprint density at radius 1 is 1.17 bits per heavy atom. The maximum Gasteiger partial charge on any atom is 0.269 e. The second-order valence-electron chi connectivity index (χ2n) is 7.71. The summed E-state index contributed by atoms with van der Waals surface area (Å²) >= 11 is 3.27. The second-order valence-corrected chi connectivity index (χ2v) is 8.51. The van der Waals surface area contributed by atoms with E-state index in [2.05, 4.69) is 21.2 Å². The molecule has 0 radical (unpaired) electrons. The molecule has 4 N–H and O–H groups in total. The standard InChI is InChI=1S/C24H24BrF2N3O4.ClH/c1-14-8-21(34-13-17-6-7-18(26)9-19(17)27)22(25)24(33)30(14)11-16-4-2-15(3-5-16)10-29-20(12-31)23(28)32;/h2-9,20,29,31H,10-13H2,1H3,(H2,28,32);1H/t20-;/m1./s1. The number of ether oxygens (including phenoxy) is 1. The number of aryl methyl sites for hydroxylation is 1. The first-order chi connectivity index (χ1) is 16.2. The highest BCUT2D eigenvalue weighted by molar-refractivity contribution is 9.10. The normalized spacial score (nSPS) is 11.6. The van der Waals surface area contributed by atoms with Gasteiger partial charge in [0.25, 0.3) is 5.56 Å². The highest BCUT2D eigenvalue weighted by Crippen LogP contribution is 2.24. The van der Waals surface area contributed by atoms with Crippen LogP contribution in [0.1, 0.15) is 22.4 Å². The van der Waals surface area contributed by atoms with Crippen molar-refractivity contribution in [3.8, 4) is 5.75 Å². The zero-order valence-electron chi connectivity index (χ0n) is 18.8. The maximum absolute atomic E-state index is 13.9.